The quantitative estimate of drug-likeness (QED) is 0.827. The summed E-state index contributed by atoms with van der Waals surface area (Å²) in [5.41, 5.74) is 0. The van der Waals surface area contributed by atoms with Crippen molar-refractivity contribution in [1.82, 2.24) is 4.90 Å². The van der Waals surface area contributed by atoms with Gasteiger partial charge >= 0.3 is 0 Å². The lowest BCUT2D eigenvalue weighted by Gasteiger charge is -2.34. The van der Waals surface area contributed by atoms with E-state index >= 15 is 0 Å². The lowest BCUT2D eigenvalue weighted by Crippen LogP contribution is -2.43. The lowest BCUT2D eigenvalue weighted by molar-refractivity contribution is 0.0593. The summed E-state index contributed by atoms with van der Waals surface area (Å²) in [6.45, 7) is 4.48. The Morgan fingerprint density at radius 3 is 2.69 bits per heavy atom. The molecule has 16 heavy (non-hydrogen) atoms. The largest absolute Gasteiger partial charge is 0.489 e. The summed E-state index contributed by atoms with van der Waals surface area (Å²) in [7, 11) is 2.16. The molecule has 1 saturated heterocycles. The van der Waals surface area contributed by atoms with E-state index in [9.17, 15) is 0 Å². The van der Waals surface area contributed by atoms with Gasteiger partial charge in [0.05, 0.1) is 0 Å². The molecule has 0 aromatic heterocycles. The molecular weight excluding hydrogens is 266 g/mol. The molecule has 3 heteroatoms. The number of rotatable bonds is 2. The first kappa shape index (κ1) is 11.9. The maximum absolute atomic E-state index is 6.03. The predicted octanol–water partition coefficient (Wildman–Crippen LogP) is 3.17. The van der Waals surface area contributed by atoms with E-state index in [-0.39, 0.29) is 0 Å². The van der Waals surface area contributed by atoms with Crippen molar-refractivity contribution in [2.75, 3.05) is 20.1 Å². The first-order valence-corrected chi connectivity index (χ1v) is 6.55. The fourth-order valence-corrected chi connectivity index (χ4v) is 2.29. The van der Waals surface area contributed by atoms with E-state index in [0.717, 1.165) is 16.8 Å². The molecule has 2 atom stereocenters. The first-order chi connectivity index (χ1) is 7.65. The van der Waals surface area contributed by atoms with Crippen LogP contribution < -0.4 is 4.74 Å². The van der Waals surface area contributed by atoms with Crippen LogP contribution in [-0.4, -0.2) is 31.1 Å². The van der Waals surface area contributed by atoms with E-state index < -0.39 is 0 Å². The third-order valence-corrected chi connectivity index (χ3v) is 3.72. The number of hydrogen-bond acceptors (Lipinski definition) is 2. The van der Waals surface area contributed by atoms with Gasteiger partial charge in [-0.25, -0.2) is 0 Å². The average Bonchev–Trinajstić information content (AvgIpc) is 2.27. The highest BCUT2D eigenvalue weighted by molar-refractivity contribution is 9.10. The van der Waals surface area contributed by atoms with Crippen LogP contribution in [0.15, 0.2) is 28.7 Å². The molecule has 0 aliphatic carbocycles. The van der Waals surface area contributed by atoms with Gasteiger partial charge in [0, 0.05) is 11.0 Å². The summed E-state index contributed by atoms with van der Waals surface area (Å²) in [6.07, 6.45) is 1.54. The van der Waals surface area contributed by atoms with Crippen LogP contribution in [0.2, 0.25) is 0 Å². The number of piperidine rings is 1. The van der Waals surface area contributed by atoms with Gasteiger partial charge in [-0.1, -0.05) is 22.9 Å². The minimum Gasteiger partial charge on any atom is -0.489 e. The van der Waals surface area contributed by atoms with Crippen LogP contribution in [0.4, 0.5) is 0 Å². The second-order valence-corrected chi connectivity index (χ2v) is 5.55. The number of likely N-dealkylation sites (tertiary alicyclic amines) is 1. The fraction of sp³-hybridized carbons (Fsp3) is 0.538. The molecule has 0 amide bonds. The molecule has 1 aromatic carbocycles. The molecular formula is C13H18BrNO. The molecule has 2 rings (SSSR count). The van der Waals surface area contributed by atoms with Crippen molar-refractivity contribution in [1.29, 1.82) is 0 Å². The third-order valence-electron chi connectivity index (χ3n) is 3.19. The summed E-state index contributed by atoms with van der Waals surface area (Å²) >= 11 is 3.43. The zero-order chi connectivity index (χ0) is 11.5. The minimum absolute atomic E-state index is 0.319. The molecule has 0 spiro atoms. The standard InChI is InChI=1S/C13H18BrNO/c1-10-7-8-15(2)9-13(10)16-12-5-3-11(14)4-6-12/h3-6,10,13H,7-9H2,1-2H3. The number of halogens is 1. The van der Waals surface area contributed by atoms with Crippen LogP contribution in [0, 0.1) is 5.92 Å². The van der Waals surface area contributed by atoms with Gasteiger partial charge in [-0.2, -0.15) is 0 Å². The van der Waals surface area contributed by atoms with Crippen molar-refractivity contribution in [2.45, 2.75) is 19.4 Å². The van der Waals surface area contributed by atoms with E-state index in [2.05, 4.69) is 34.8 Å². The Balaban J connectivity index is 2.00. The second kappa shape index (κ2) is 5.19. The smallest absolute Gasteiger partial charge is 0.119 e. The van der Waals surface area contributed by atoms with Crippen molar-refractivity contribution >= 4 is 15.9 Å². The molecule has 0 bridgehead atoms. The molecule has 88 valence electrons. The van der Waals surface area contributed by atoms with E-state index in [0.29, 0.717) is 12.0 Å². The molecule has 2 unspecified atom stereocenters. The Hall–Kier alpha value is -0.540. The summed E-state index contributed by atoms with van der Waals surface area (Å²) in [6, 6.07) is 8.08. The van der Waals surface area contributed by atoms with E-state index in [4.69, 9.17) is 4.74 Å². The van der Waals surface area contributed by atoms with E-state index in [1.54, 1.807) is 0 Å². The number of benzene rings is 1. The molecule has 1 aromatic rings. The van der Waals surface area contributed by atoms with Gasteiger partial charge in [-0.3, -0.25) is 0 Å². The maximum Gasteiger partial charge on any atom is 0.119 e. The first-order valence-electron chi connectivity index (χ1n) is 5.76. The number of likely N-dealkylation sites (N-methyl/N-ethyl adjacent to an activating group) is 1. The van der Waals surface area contributed by atoms with Gasteiger partial charge in [-0.15, -0.1) is 0 Å². The van der Waals surface area contributed by atoms with Crippen LogP contribution in [0.25, 0.3) is 0 Å². The Morgan fingerprint density at radius 1 is 1.31 bits per heavy atom. The SMILES string of the molecule is CC1CCN(C)CC1Oc1ccc(Br)cc1. The molecule has 1 fully saturated rings. The van der Waals surface area contributed by atoms with Gasteiger partial charge in [-0.05, 0) is 50.2 Å². The molecule has 1 heterocycles. The Kier molecular flexibility index (Phi) is 3.87. The number of hydrogen-bond donors (Lipinski definition) is 0. The van der Waals surface area contributed by atoms with Crippen molar-refractivity contribution in [3.8, 4) is 5.75 Å². The normalized spacial score (nSPS) is 26.7. The van der Waals surface area contributed by atoms with Crippen LogP contribution in [-0.2, 0) is 0 Å². The maximum atomic E-state index is 6.03. The van der Waals surface area contributed by atoms with Gasteiger partial charge < -0.3 is 9.64 Å². The Labute approximate surface area is 106 Å². The van der Waals surface area contributed by atoms with Gasteiger partial charge in [0.15, 0.2) is 0 Å². The zero-order valence-electron chi connectivity index (χ0n) is 9.82. The zero-order valence-corrected chi connectivity index (χ0v) is 11.4. The van der Waals surface area contributed by atoms with Crippen molar-refractivity contribution < 1.29 is 4.74 Å². The highest BCUT2D eigenvalue weighted by atomic mass is 79.9. The van der Waals surface area contributed by atoms with Crippen LogP contribution >= 0.6 is 15.9 Å². The highest BCUT2D eigenvalue weighted by Crippen LogP contribution is 2.23. The van der Waals surface area contributed by atoms with Crippen LogP contribution in [0.5, 0.6) is 5.75 Å². The Morgan fingerprint density at radius 2 is 2.00 bits per heavy atom. The topological polar surface area (TPSA) is 12.5 Å². The van der Waals surface area contributed by atoms with E-state index in [1.807, 2.05) is 24.3 Å². The van der Waals surface area contributed by atoms with Crippen LogP contribution in [0.1, 0.15) is 13.3 Å². The van der Waals surface area contributed by atoms with Crippen molar-refractivity contribution in [2.24, 2.45) is 5.92 Å². The monoisotopic (exact) mass is 283 g/mol. The molecule has 0 N–H and O–H groups in total. The third kappa shape index (κ3) is 2.98. The van der Waals surface area contributed by atoms with Crippen molar-refractivity contribution in [3.05, 3.63) is 28.7 Å². The molecule has 1 aliphatic heterocycles. The highest BCUT2D eigenvalue weighted by Gasteiger charge is 2.25. The Bertz CT molecular complexity index is 338. The average molecular weight is 284 g/mol. The molecule has 2 nitrogen and oxygen atoms in total. The van der Waals surface area contributed by atoms with Gasteiger partial charge in [0.1, 0.15) is 11.9 Å². The second-order valence-electron chi connectivity index (χ2n) is 4.64. The van der Waals surface area contributed by atoms with Gasteiger partial charge in [0.2, 0.25) is 0 Å². The van der Waals surface area contributed by atoms with Gasteiger partial charge in [0.25, 0.3) is 0 Å². The number of ether oxygens (including phenoxy) is 1. The van der Waals surface area contributed by atoms with E-state index in [1.165, 1.54) is 13.0 Å². The predicted molar refractivity (Wildman–Crippen MR) is 69.8 cm³/mol. The summed E-state index contributed by atoms with van der Waals surface area (Å²) in [4.78, 5) is 2.34. The fourth-order valence-electron chi connectivity index (χ4n) is 2.03. The molecule has 0 radical (unpaired) electrons. The number of nitrogens with zero attached hydrogens (tertiary/aromatic N) is 1. The molecule has 0 saturated carbocycles. The van der Waals surface area contributed by atoms with Crippen LogP contribution in [0.3, 0.4) is 0 Å². The summed E-state index contributed by atoms with van der Waals surface area (Å²) in [5, 5.41) is 0. The minimum atomic E-state index is 0.319. The molecule has 1 aliphatic rings. The lowest BCUT2D eigenvalue weighted by atomic mass is 9.96. The summed E-state index contributed by atoms with van der Waals surface area (Å²) < 4.78 is 7.12. The van der Waals surface area contributed by atoms with Crippen molar-refractivity contribution in [3.63, 3.8) is 0 Å². The summed E-state index contributed by atoms with van der Waals surface area (Å²) in [5.74, 6) is 1.61.